The van der Waals surface area contributed by atoms with E-state index in [2.05, 4.69) is 15.9 Å². The minimum absolute atomic E-state index is 0.0658. The zero-order chi connectivity index (χ0) is 10.6. The molecule has 0 aliphatic carbocycles. The smallest absolute Gasteiger partial charge is 0.178 e. The maximum Gasteiger partial charge on any atom is 0.178 e. The monoisotopic (exact) mass is 275 g/mol. The molecule has 0 saturated carbocycles. The molecule has 76 valence electrons. The van der Waals surface area contributed by atoms with Crippen LogP contribution in [0.5, 0.6) is 0 Å². The number of aliphatic hydroxyl groups excluding tert-OH is 1. The Morgan fingerprint density at radius 2 is 2.50 bits per heavy atom. The lowest BCUT2D eigenvalue weighted by molar-refractivity contribution is 0.0598. The third-order valence-electron chi connectivity index (χ3n) is 1.63. The summed E-state index contributed by atoms with van der Waals surface area (Å²) in [4.78, 5) is 1.98. The van der Waals surface area contributed by atoms with Gasteiger partial charge in [-0.05, 0) is 28.9 Å². The van der Waals surface area contributed by atoms with Crippen LogP contribution in [-0.4, -0.2) is 18.3 Å². The molecular weight excluding hydrogens is 266 g/mol. The van der Waals surface area contributed by atoms with Gasteiger partial charge in [-0.25, -0.2) is 0 Å². The Labute approximate surface area is 95.1 Å². The van der Waals surface area contributed by atoms with Crippen molar-refractivity contribution in [3.8, 4) is 6.07 Å². The van der Waals surface area contributed by atoms with E-state index in [0.717, 1.165) is 14.2 Å². The molecule has 3 nitrogen and oxygen atoms in total. The highest BCUT2D eigenvalue weighted by atomic mass is 79.9. The number of aliphatic hydroxyl groups is 1. The topological polar surface area (TPSA) is 53.2 Å². The Hall–Kier alpha value is -0.410. The highest BCUT2D eigenvalue weighted by Crippen LogP contribution is 2.31. The van der Waals surface area contributed by atoms with E-state index in [1.54, 1.807) is 0 Å². The molecule has 0 radical (unpaired) electrons. The van der Waals surface area contributed by atoms with E-state index in [1.165, 1.54) is 11.3 Å². The van der Waals surface area contributed by atoms with Gasteiger partial charge in [-0.15, -0.1) is 11.3 Å². The number of aryl methyl sites for hydroxylation is 1. The molecule has 0 aliphatic heterocycles. The first-order chi connectivity index (χ1) is 6.69. The molecule has 1 atom stereocenters. The van der Waals surface area contributed by atoms with Crippen molar-refractivity contribution in [1.82, 2.24) is 0 Å². The Morgan fingerprint density at radius 1 is 1.79 bits per heavy atom. The lowest BCUT2D eigenvalue weighted by Gasteiger charge is -2.06. The van der Waals surface area contributed by atoms with Crippen LogP contribution in [0.25, 0.3) is 0 Å². The van der Waals surface area contributed by atoms with Crippen LogP contribution in [0, 0.1) is 18.3 Å². The second kappa shape index (κ2) is 5.47. The summed E-state index contributed by atoms with van der Waals surface area (Å²) in [5, 5.41) is 17.4. The molecule has 1 aromatic rings. The Kier molecular flexibility index (Phi) is 4.55. The van der Waals surface area contributed by atoms with Crippen molar-refractivity contribution in [1.29, 1.82) is 5.26 Å². The molecule has 1 N–H and O–H groups in total. The quantitative estimate of drug-likeness (QED) is 0.918. The SMILES string of the molecule is Cc1sc(C(C#N)OCCO)cc1Br. The third kappa shape index (κ3) is 2.79. The lowest BCUT2D eigenvalue weighted by atomic mass is 10.3. The molecule has 0 aliphatic rings. The van der Waals surface area contributed by atoms with Gasteiger partial charge in [0, 0.05) is 14.2 Å². The van der Waals surface area contributed by atoms with Crippen LogP contribution in [0.2, 0.25) is 0 Å². The van der Waals surface area contributed by atoms with E-state index in [9.17, 15) is 0 Å². The first kappa shape index (κ1) is 11.7. The summed E-state index contributed by atoms with van der Waals surface area (Å²) in [6, 6.07) is 3.93. The Morgan fingerprint density at radius 3 is 2.93 bits per heavy atom. The number of nitriles is 1. The minimum atomic E-state index is -0.572. The Balaban J connectivity index is 2.75. The molecule has 0 bridgehead atoms. The van der Waals surface area contributed by atoms with E-state index in [0.29, 0.717) is 0 Å². The van der Waals surface area contributed by atoms with Crippen LogP contribution in [0.4, 0.5) is 0 Å². The molecular formula is C9H10BrNO2S. The fourth-order valence-corrected chi connectivity index (χ4v) is 2.52. The van der Waals surface area contributed by atoms with Crippen molar-refractivity contribution < 1.29 is 9.84 Å². The van der Waals surface area contributed by atoms with Crippen LogP contribution < -0.4 is 0 Å². The van der Waals surface area contributed by atoms with Gasteiger partial charge in [0.25, 0.3) is 0 Å². The third-order valence-corrected chi connectivity index (χ3v) is 3.81. The van der Waals surface area contributed by atoms with E-state index < -0.39 is 6.10 Å². The van der Waals surface area contributed by atoms with Gasteiger partial charge in [0.05, 0.1) is 13.2 Å². The maximum absolute atomic E-state index is 8.84. The zero-order valence-electron chi connectivity index (χ0n) is 7.66. The molecule has 1 heterocycles. The van der Waals surface area contributed by atoms with Crippen LogP contribution in [0.1, 0.15) is 15.9 Å². The molecule has 0 fully saturated rings. The van der Waals surface area contributed by atoms with Crippen LogP contribution in [-0.2, 0) is 4.74 Å². The summed E-state index contributed by atoms with van der Waals surface area (Å²) in [7, 11) is 0. The molecule has 0 aromatic carbocycles. The molecule has 1 aromatic heterocycles. The van der Waals surface area contributed by atoms with E-state index >= 15 is 0 Å². The summed E-state index contributed by atoms with van der Waals surface area (Å²) in [6.45, 7) is 2.09. The van der Waals surface area contributed by atoms with Gasteiger partial charge >= 0.3 is 0 Å². The first-order valence-electron chi connectivity index (χ1n) is 4.07. The zero-order valence-corrected chi connectivity index (χ0v) is 10.1. The van der Waals surface area contributed by atoms with Gasteiger partial charge in [-0.3, -0.25) is 0 Å². The predicted molar refractivity (Wildman–Crippen MR) is 58.1 cm³/mol. The van der Waals surface area contributed by atoms with E-state index in [1.807, 2.05) is 19.1 Å². The minimum Gasteiger partial charge on any atom is -0.394 e. The van der Waals surface area contributed by atoms with Crippen molar-refractivity contribution >= 4 is 27.3 Å². The van der Waals surface area contributed by atoms with Gasteiger partial charge in [-0.2, -0.15) is 5.26 Å². The molecule has 1 rings (SSSR count). The van der Waals surface area contributed by atoms with Crippen molar-refractivity contribution in [3.63, 3.8) is 0 Å². The number of hydrogen-bond acceptors (Lipinski definition) is 4. The van der Waals surface area contributed by atoms with Crippen LogP contribution in [0.3, 0.4) is 0 Å². The van der Waals surface area contributed by atoms with Crippen molar-refractivity contribution in [3.05, 3.63) is 20.3 Å². The highest BCUT2D eigenvalue weighted by molar-refractivity contribution is 9.10. The Bertz CT molecular complexity index is 326. The lowest BCUT2D eigenvalue weighted by Crippen LogP contribution is -2.04. The summed E-state index contributed by atoms with van der Waals surface area (Å²) in [5.74, 6) is 0. The van der Waals surface area contributed by atoms with Gasteiger partial charge in [0.1, 0.15) is 6.07 Å². The normalized spacial score (nSPS) is 12.4. The van der Waals surface area contributed by atoms with Gasteiger partial charge < -0.3 is 9.84 Å². The van der Waals surface area contributed by atoms with E-state index in [-0.39, 0.29) is 13.2 Å². The van der Waals surface area contributed by atoms with Crippen LogP contribution in [0.15, 0.2) is 10.5 Å². The van der Waals surface area contributed by atoms with E-state index in [4.69, 9.17) is 15.1 Å². The number of nitrogens with zero attached hydrogens (tertiary/aromatic N) is 1. The standard InChI is InChI=1S/C9H10BrNO2S/c1-6-7(10)4-9(14-6)8(5-11)13-3-2-12/h4,8,12H,2-3H2,1H3. The maximum atomic E-state index is 8.84. The number of rotatable bonds is 4. The fourth-order valence-electron chi connectivity index (χ4n) is 0.964. The van der Waals surface area contributed by atoms with Gasteiger partial charge in [-0.1, -0.05) is 0 Å². The number of ether oxygens (including phenoxy) is 1. The fraction of sp³-hybridized carbons (Fsp3) is 0.444. The second-order valence-corrected chi connectivity index (χ2v) is 4.80. The molecule has 1 unspecified atom stereocenters. The average Bonchev–Trinajstić information content (AvgIpc) is 2.48. The molecule has 0 spiro atoms. The summed E-state index contributed by atoms with van der Waals surface area (Å²) in [5.41, 5.74) is 0. The number of halogens is 1. The van der Waals surface area contributed by atoms with Crippen molar-refractivity contribution in [2.45, 2.75) is 13.0 Å². The summed E-state index contributed by atoms with van der Waals surface area (Å²) >= 11 is 4.90. The second-order valence-electron chi connectivity index (χ2n) is 2.66. The summed E-state index contributed by atoms with van der Waals surface area (Å²) in [6.07, 6.45) is -0.572. The molecule has 5 heteroatoms. The summed E-state index contributed by atoms with van der Waals surface area (Å²) < 4.78 is 6.16. The van der Waals surface area contributed by atoms with Crippen molar-refractivity contribution in [2.24, 2.45) is 0 Å². The predicted octanol–water partition coefficient (Wildman–Crippen LogP) is 2.39. The van der Waals surface area contributed by atoms with Crippen LogP contribution >= 0.6 is 27.3 Å². The number of thiophene rings is 1. The average molecular weight is 276 g/mol. The van der Waals surface area contributed by atoms with Gasteiger partial charge in [0.15, 0.2) is 6.10 Å². The molecule has 14 heavy (non-hydrogen) atoms. The largest absolute Gasteiger partial charge is 0.394 e. The highest BCUT2D eigenvalue weighted by Gasteiger charge is 2.14. The van der Waals surface area contributed by atoms with Gasteiger partial charge in [0.2, 0.25) is 0 Å². The first-order valence-corrected chi connectivity index (χ1v) is 5.68. The molecule has 0 amide bonds. The van der Waals surface area contributed by atoms with Crippen molar-refractivity contribution in [2.75, 3.05) is 13.2 Å². The molecule has 0 saturated heterocycles. The number of hydrogen-bond donors (Lipinski definition) is 1.